The van der Waals surface area contributed by atoms with Crippen LogP contribution in [0.1, 0.15) is 44.7 Å². The first-order valence-electron chi connectivity index (χ1n) is 6.62. The van der Waals surface area contributed by atoms with Gasteiger partial charge in [-0.15, -0.1) is 0 Å². The van der Waals surface area contributed by atoms with Crippen LogP contribution in [0.2, 0.25) is 0 Å². The fourth-order valence-electron chi connectivity index (χ4n) is 2.01. The predicted octanol–water partition coefficient (Wildman–Crippen LogP) is 2.72. The molecule has 1 rings (SSSR count). The summed E-state index contributed by atoms with van der Waals surface area (Å²) < 4.78 is 0. The first-order valence-corrected chi connectivity index (χ1v) is 6.62. The van der Waals surface area contributed by atoms with E-state index in [2.05, 4.69) is 13.8 Å². The molecule has 3 heteroatoms. The van der Waals surface area contributed by atoms with Gasteiger partial charge in [0.2, 0.25) is 5.91 Å². The second-order valence-corrected chi connectivity index (χ2v) is 4.86. The van der Waals surface area contributed by atoms with Gasteiger partial charge in [0.25, 0.3) is 0 Å². The van der Waals surface area contributed by atoms with Gasteiger partial charge in [0.15, 0.2) is 0 Å². The van der Waals surface area contributed by atoms with Crippen molar-refractivity contribution in [1.82, 2.24) is 4.90 Å². The van der Waals surface area contributed by atoms with Gasteiger partial charge in [-0.2, -0.15) is 0 Å². The van der Waals surface area contributed by atoms with E-state index in [0.717, 1.165) is 18.4 Å². The number of rotatable bonds is 6. The third-order valence-corrected chi connectivity index (χ3v) is 3.38. The zero-order valence-corrected chi connectivity index (χ0v) is 11.6. The smallest absolute Gasteiger partial charge is 0.224 e. The van der Waals surface area contributed by atoms with Crippen LogP contribution in [0.4, 0.5) is 0 Å². The molecule has 1 aromatic rings. The minimum absolute atomic E-state index is 0.118. The standard InChI is InChI=1S/C15H24N2O/c1-4-8-12(2)17(3)15(18)11-14(16)13-9-6-5-7-10-13/h5-7,9-10,12,14H,4,8,11,16H2,1-3H3. The summed E-state index contributed by atoms with van der Waals surface area (Å²) in [6, 6.07) is 9.85. The SMILES string of the molecule is CCCC(C)N(C)C(=O)CC(N)c1ccccc1. The molecule has 0 radical (unpaired) electrons. The molecule has 0 heterocycles. The predicted molar refractivity (Wildman–Crippen MR) is 75.1 cm³/mol. The molecule has 0 aromatic heterocycles. The van der Waals surface area contributed by atoms with E-state index in [4.69, 9.17) is 5.73 Å². The molecule has 3 nitrogen and oxygen atoms in total. The maximum atomic E-state index is 12.1. The summed E-state index contributed by atoms with van der Waals surface area (Å²) in [4.78, 5) is 13.9. The molecule has 0 saturated heterocycles. The third-order valence-electron chi connectivity index (χ3n) is 3.38. The van der Waals surface area contributed by atoms with E-state index < -0.39 is 0 Å². The van der Waals surface area contributed by atoms with Gasteiger partial charge < -0.3 is 10.6 Å². The lowest BCUT2D eigenvalue weighted by Crippen LogP contribution is -2.36. The highest BCUT2D eigenvalue weighted by Crippen LogP contribution is 2.15. The first kappa shape index (κ1) is 14.7. The number of hydrogen-bond acceptors (Lipinski definition) is 2. The highest BCUT2D eigenvalue weighted by atomic mass is 16.2. The number of nitrogens with zero attached hydrogens (tertiary/aromatic N) is 1. The van der Waals surface area contributed by atoms with Gasteiger partial charge in [-0.1, -0.05) is 43.7 Å². The average Bonchev–Trinajstić information content (AvgIpc) is 2.39. The Morgan fingerprint density at radius 1 is 1.33 bits per heavy atom. The van der Waals surface area contributed by atoms with Crippen LogP contribution in [-0.4, -0.2) is 23.9 Å². The molecule has 2 N–H and O–H groups in total. The summed E-state index contributed by atoms with van der Waals surface area (Å²) in [5, 5.41) is 0. The zero-order chi connectivity index (χ0) is 13.5. The van der Waals surface area contributed by atoms with Gasteiger partial charge in [0.05, 0.1) is 0 Å². The van der Waals surface area contributed by atoms with Crippen LogP contribution in [0.25, 0.3) is 0 Å². The lowest BCUT2D eigenvalue weighted by atomic mass is 10.0. The van der Waals surface area contributed by atoms with Crippen LogP contribution in [0.5, 0.6) is 0 Å². The first-order chi connectivity index (χ1) is 8.56. The van der Waals surface area contributed by atoms with Gasteiger partial charge in [0.1, 0.15) is 0 Å². The van der Waals surface area contributed by atoms with Crippen LogP contribution < -0.4 is 5.73 Å². The Morgan fingerprint density at radius 2 is 1.94 bits per heavy atom. The normalized spacial score (nSPS) is 14.0. The van der Waals surface area contributed by atoms with Crippen molar-refractivity contribution < 1.29 is 4.79 Å². The Kier molecular flexibility index (Phi) is 5.86. The largest absolute Gasteiger partial charge is 0.343 e. The monoisotopic (exact) mass is 248 g/mol. The molecule has 1 aromatic carbocycles. The van der Waals surface area contributed by atoms with Crippen LogP contribution in [-0.2, 0) is 4.79 Å². The van der Waals surface area contributed by atoms with Crippen LogP contribution in [0.3, 0.4) is 0 Å². The van der Waals surface area contributed by atoms with Gasteiger partial charge in [0, 0.05) is 25.6 Å². The number of hydrogen-bond donors (Lipinski definition) is 1. The summed E-state index contributed by atoms with van der Waals surface area (Å²) in [6.07, 6.45) is 2.49. The zero-order valence-electron chi connectivity index (χ0n) is 11.6. The third kappa shape index (κ3) is 4.15. The van der Waals surface area contributed by atoms with Crippen LogP contribution in [0.15, 0.2) is 30.3 Å². The van der Waals surface area contributed by atoms with Crippen molar-refractivity contribution in [2.24, 2.45) is 5.73 Å². The van der Waals surface area contributed by atoms with Gasteiger partial charge >= 0.3 is 0 Å². The lowest BCUT2D eigenvalue weighted by molar-refractivity contribution is -0.132. The van der Waals surface area contributed by atoms with Crippen molar-refractivity contribution in [3.63, 3.8) is 0 Å². The van der Waals surface area contributed by atoms with E-state index in [0.29, 0.717) is 6.42 Å². The topological polar surface area (TPSA) is 46.3 Å². The Hall–Kier alpha value is -1.35. The Labute approximate surface area is 110 Å². The van der Waals surface area contributed by atoms with Crippen molar-refractivity contribution in [2.75, 3.05) is 7.05 Å². The van der Waals surface area contributed by atoms with Crippen LogP contribution in [0, 0.1) is 0 Å². The fourth-order valence-corrected chi connectivity index (χ4v) is 2.01. The van der Waals surface area contributed by atoms with E-state index in [1.807, 2.05) is 42.3 Å². The fraction of sp³-hybridized carbons (Fsp3) is 0.533. The van der Waals surface area contributed by atoms with Crippen molar-refractivity contribution >= 4 is 5.91 Å². The molecule has 0 aliphatic carbocycles. The molecule has 2 unspecified atom stereocenters. The van der Waals surface area contributed by atoms with Crippen molar-refractivity contribution in [1.29, 1.82) is 0 Å². The van der Waals surface area contributed by atoms with E-state index in [-0.39, 0.29) is 18.0 Å². The highest BCUT2D eigenvalue weighted by molar-refractivity contribution is 5.77. The molecule has 100 valence electrons. The maximum Gasteiger partial charge on any atom is 0.224 e. The number of benzene rings is 1. The average molecular weight is 248 g/mol. The van der Waals surface area contributed by atoms with E-state index >= 15 is 0 Å². The van der Waals surface area contributed by atoms with E-state index in [1.54, 1.807) is 0 Å². The van der Waals surface area contributed by atoms with Crippen LogP contribution >= 0.6 is 0 Å². The summed E-state index contributed by atoms with van der Waals surface area (Å²) in [5.74, 6) is 0.118. The van der Waals surface area contributed by atoms with Crippen molar-refractivity contribution in [3.05, 3.63) is 35.9 Å². The summed E-state index contributed by atoms with van der Waals surface area (Å²) >= 11 is 0. The molecule has 2 atom stereocenters. The molecule has 0 saturated carbocycles. The number of nitrogens with two attached hydrogens (primary N) is 1. The minimum atomic E-state index is -0.213. The lowest BCUT2D eigenvalue weighted by Gasteiger charge is -2.26. The second kappa shape index (κ2) is 7.17. The molecular weight excluding hydrogens is 224 g/mol. The van der Waals surface area contributed by atoms with Crippen molar-refractivity contribution in [3.8, 4) is 0 Å². The van der Waals surface area contributed by atoms with Crippen molar-refractivity contribution in [2.45, 2.75) is 45.2 Å². The molecule has 0 aliphatic rings. The summed E-state index contributed by atoms with van der Waals surface area (Å²) in [7, 11) is 1.86. The highest BCUT2D eigenvalue weighted by Gasteiger charge is 2.18. The van der Waals surface area contributed by atoms with Gasteiger partial charge in [-0.05, 0) is 18.9 Å². The molecule has 1 amide bonds. The minimum Gasteiger partial charge on any atom is -0.343 e. The van der Waals surface area contributed by atoms with E-state index in [9.17, 15) is 4.79 Å². The quantitative estimate of drug-likeness (QED) is 0.841. The molecular formula is C15H24N2O. The maximum absolute atomic E-state index is 12.1. The molecule has 0 bridgehead atoms. The Balaban J connectivity index is 2.54. The van der Waals surface area contributed by atoms with Gasteiger partial charge in [-0.3, -0.25) is 4.79 Å². The molecule has 0 spiro atoms. The van der Waals surface area contributed by atoms with Gasteiger partial charge in [-0.25, -0.2) is 0 Å². The Bertz CT molecular complexity index is 364. The molecule has 18 heavy (non-hydrogen) atoms. The molecule has 0 fully saturated rings. The summed E-state index contributed by atoms with van der Waals surface area (Å²) in [5.41, 5.74) is 7.08. The number of amides is 1. The molecule has 0 aliphatic heterocycles. The van der Waals surface area contributed by atoms with E-state index in [1.165, 1.54) is 0 Å². The second-order valence-electron chi connectivity index (χ2n) is 4.86. The number of carbonyl (C=O) groups excluding carboxylic acids is 1. The summed E-state index contributed by atoms with van der Waals surface area (Å²) in [6.45, 7) is 4.21. The Morgan fingerprint density at radius 3 is 2.50 bits per heavy atom. The number of carbonyl (C=O) groups is 1.